The number of carbonyl (C=O) groups excluding carboxylic acids is 2. The normalized spacial score (nSPS) is 37.2. The van der Waals surface area contributed by atoms with Crippen molar-refractivity contribution in [2.24, 2.45) is 5.92 Å². The third kappa shape index (κ3) is 3.48. The minimum Gasteiger partial charge on any atom is -0.458 e. The summed E-state index contributed by atoms with van der Waals surface area (Å²) in [6, 6.07) is 0. The van der Waals surface area contributed by atoms with Crippen molar-refractivity contribution >= 4 is 11.9 Å². The van der Waals surface area contributed by atoms with Crippen LogP contribution in [0.3, 0.4) is 0 Å². The van der Waals surface area contributed by atoms with Crippen LogP contribution in [0.2, 0.25) is 0 Å². The van der Waals surface area contributed by atoms with Gasteiger partial charge in [-0.15, -0.1) is 0 Å². The lowest BCUT2D eigenvalue weighted by Crippen LogP contribution is -2.38. The van der Waals surface area contributed by atoms with Gasteiger partial charge in [0.1, 0.15) is 18.3 Å². The molecule has 0 aromatic carbocycles. The number of carbonyl (C=O) groups is 2. The summed E-state index contributed by atoms with van der Waals surface area (Å²) in [5.74, 6) is -1.41. The van der Waals surface area contributed by atoms with Gasteiger partial charge in [-0.1, -0.05) is 18.2 Å². The predicted molar refractivity (Wildman–Crippen MR) is 94.1 cm³/mol. The van der Waals surface area contributed by atoms with Crippen LogP contribution in [0.15, 0.2) is 35.5 Å². The summed E-state index contributed by atoms with van der Waals surface area (Å²) in [6.07, 6.45) is 4.45. The number of fused-ring (bicyclic) bond motifs is 3. The number of hydrogen-bond acceptors (Lipinski definition) is 6. The highest BCUT2D eigenvalue weighted by Gasteiger charge is 2.63. The Kier molecular flexibility index (Phi) is 5.08. The minimum atomic E-state index is -0.573. The van der Waals surface area contributed by atoms with E-state index in [4.69, 9.17) is 19.3 Å². The van der Waals surface area contributed by atoms with Gasteiger partial charge in [0, 0.05) is 17.6 Å². The first kappa shape index (κ1) is 18.9. The van der Waals surface area contributed by atoms with E-state index in [1.807, 2.05) is 13.8 Å². The number of rotatable bonds is 3. The molecule has 6 heteroatoms. The van der Waals surface area contributed by atoms with E-state index in [1.165, 1.54) is 6.08 Å². The summed E-state index contributed by atoms with van der Waals surface area (Å²) >= 11 is 0. The van der Waals surface area contributed by atoms with Crippen LogP contribution >= 0.6 is 0 Å². The molecular weight excluding hydrogens is 336 g/mol. The van der Waals surface area contributed by atoms with Crippen molar-refractivity contribution in [3.63, 3.8) is 0 Å². The fourth-order valence-electron chi connectivity index (χ4n) is 3.86. The van der Waals surface area contributed by atoms with E-state index in [9.17, 15) is 9.59 Å². The molecule has 0 spiro atoms. The van der Waals surface area contributed by atoms with Gasteiger partial charge >= 0.3 is 11.9 Å². The molecule has 1 aliphatic carbocycles. The number of hydrogen-bond donors (Lipinski definition) is 1. The molecule has 0 amide bonds. The summed E-state index contributed by atoms with van der Waals surface area (Å²) in [5, 5.41) is 8.99. The Bertz CT molecular complexity index is 690. The first-order valence-corrected chi connectivity index (χ1v) is 8.98. The second-order valence-corrected chi connectivity index (χ2v) is 7.58. The second kappa shape index (κ2) is 7.00. The third-order valence-corrected chi connectivity index (χ3v) is 5.54. The van der Waals surface area contributed by atoms with Crippen molar-refractivity contribution in [2.45, 2.75) is 63.9 Å². The van der Waals surface area contributed by atoms with Crippen LogP contribution in [0.4, 0.5) is 0 Å². The van der Waals surface area contributed by atoms with Crippen molar-refractivity contribution < 1.29 is 28.9 Å². The molecule has 0 aromatic heterocycles. The molecule has 26 heavy (non-hydrogen) atoms. The summed E-state index contributed by atoms with van der Waals surface area (Å²) in [7, 11) is 0. The number of ether oxygens (including phenoxy) is 3. The maximum atomic E-state index is 12.4. The van der Waals surface area contributed by atoms with Crippen molar-refractivity contribution in [3.8, 4) is 0 Å². The molecule has 142 valence electrons. The second-order valence-electron chi connectivity index (χ2n) is 7.58. The summed E-state index contributed by atoms with van der Waals surface area (Å²) in [5.41, 5.74) is 1.40. The van der Waals surface area contributed by atoms with Gasteiger partial charge in [-0.2, -0.15) is 0 Å². The SMILES string of the molecule is C=C1C(=O)O[C@H]2C1[C@H](OC(=O)C(C)=CCO)CC(C)=CCC[C@@]1(C)OC21. The van der Waals surface area contributed by atoms with Crippen LogP contribution in [-0.4, -0.2) is 47.6 Å². The minimum absolute atomic E-state index is 0.210. The van der Waals surface area contributed by atoms with E-state index in [2.05, 4.69) is 12.7 Å². The average Bonchev–Trinajstić information content (AvgIpc) is 3.15. The topological polar surface area (TPSA) is 85.4 Å². The molecule has 0 saturated carbocycles. The summed E-state index contributed by atoms with van der Waals surface area (Å²) in [4.78, 5) is 24.6. The van der Waals surface area contributed by atoms with Crippen LogP contribution in [0.1, 0.15) is 40.0 Å². The lowest BCUT2D eigenvalue weighted by atomic mass is 9.82. The summed E-state index contributed by atoms with van der Waals surface area (Å²) < 4.78 is 17.2. The van der Waals surface area contributed by atoms with E-state index in [-0.39, 0.29) is 18.3 Å². The predicted octanol–water partition coefficient (Wildman–Crippen LogP) is 2.22. The van der Waals surface area contributed by atoms with E-state index < -0.39 is 30.1 Å². The Morgan fingerprint density at radius 2 is 2.27 bits per heavy atom. The van der Waals surface area contributed by atoms with Gasteiger partial charge in [-0.25, -0.2) is 9.59 Å². The van der Waals surface area contributed by atoms with Crippen molar-refractivity contribution in [1.29, 1.82) is 0 Å². The number of allylic oxidation sites excluding steroid dienone is 1. The molecule has 0 aromatic rings. The maximum absolute atomic E-state index is 12.4. The molecule has 3 rings (SSSR count). The fourth-order valence-corrected chi connectivity index (χ4v) is 3.86. The van der Waals surface area contributed by atoms with Gasteiger partial charge in [0.15, 0.2) is 0 Å². The summed E-state index contributed by atoms with van der Waals surface area (Å²) in [6.45, 7) is 9.25. The van der Waals surface area contributed by atoms with Gasteiger partial charge in [0.25, 0.3) is 0 Å². The first-order chi connectivity index (χ1) is 12.3. The highest BCUT2D eigenvalue weighted by atomic mass is 16.6. The number of aliphatic hydroxyl groups excluding tert-OH is 1. The highest BCUT2D eigenvalue weighted by Crippen LogP contribution is 2.50. The molecule has 2 heterocycles. The van der Waals surface area contributed by atoms with E-state index in [0.29, 0.717) is 17.6 Å². The monoisotopic (exact) mass is 362 g/mol. The maximum Gasteiger partial charge on any atom is 0.334 e. The van der Waals surface area contributed by atoms with Gasteiger partial charge < -0.3 is 19.3 Å². The smallest absolute Gasteiger partial charge is 0.334 e. The van der Waals surface area contributed by atoms with Gasteiger partial charge in [-0.05, 0) is 39.7 Å². The number of epoxide rings is 1. The molecular formula is C20H26O6. The molecule has 2 fully saturated rings. The lowest BCUT2D eigenvalue weighted by Gasteiger charge is -2.28. The van der Waals surface area contributed by atoms with Gasteiger partial charge in [0.2, 0.25) is 0 Å². The molecule has 6 nitrogen and oxygen atoms in total. The molecule has 1 N–H and O–H groups in total. The number of aliphatic hydroxyl groups is 1. The Morgan fingerprint density at radius 1 is 1.54 bits per heavy atom. The van der Waals surface area contributed by atoms with Crippen LogP contribution in [0, 0.1) is 5.92 Å². The van der Waals surface area contributed by atoms with Crippen LogP contribution in [0.5, 0.6) is 0 Å². The molecule has 2 aliphatic heterocycles. The Balaban J connectivity index is 1.92. The quantitative estimate of drug-likeness (QED) is 0.359. The third-order valence-electron chi connectivity index (χ3n) is 5.54. The molecule has 3 aliphatic rings. The largest absolute Gasteiger partial charge is 0.458 e. The van der Waals surface area contributed by atoms with Crippen LogP contribution in [-0.2, 0) is 23.8 Å². The Hall–Kier alpha value is -1.92. The highest BCUT2D eigenvalue weighted by molar-refractivity contribution is 5.91. The van der Waals surface area contributed by atoms with Crippen LogP contribution in [0.25, 0.3) is 0 Å². The molecule has 5 atom stereocenters. The fraction of sp³-hybridized carbons (Fsp3) is 0.600. The standard InChI is InChI=1S/C20H26O6/c1-11-6-5-8-20(4)17(26-20)16-15(13(3)19(23)25-16)14(10-11)24-18(22)12(2)7-9-21/h6-7,14-17,21H,3,5,8-10H2,1-2,4H3/t14-,15?,16+,17?,20-/m1/s1. The Labute approximate surface area is 153 Å². The molecule has 0 bridgehead atoms. The van der Waals surface area contributed by atoms with Gasteiger partial charge in [0.05, 0.1) is 18.1 Å². The van der Waals surface area contributed by atoms with Gasteiger partial charge in [-0.3, -0.25) is 0 Å². The average molecular weight is 362 g/mol. The van der Waals surface area contributed by atoms with E-state index in [1.54, 1.807) is 6.92 Å². The van der Waals surface area contributed by atoms with E-state index in [0.717, 1.165) is 18.4 Å². The lowest BCUT2D eigenvalue weighted by molar-refractivity contribution is -0.148. The molecule has 2 saturated heterocycles. The molecule has 0 radical (unpaired) electrons. The molecule has 2 unspecified atom stereocenters. The Morgan fingerprint density at radius 3 is 2.96 bits per heavy atom. The van der Waals surface area contributed by atoms with Crippen molar-refractivity contribution in [2.75, 3.05) is 6.61 Å². The zero-order valence-electron chi connectivity index (χ0n) is 15.5. The number of esters is 2. The first-order valence-electron chi connectivity index (χ1n) is 8.98. The zero-order chi connectivity index (χ0) is 19.1. The van der Waals surface area contributed by atoms with E-state index >= 15 is 0 Å². The van der Waals surface area contributed by atoms with Crippen molar-refractivity contribution in [3.05, 3.63) is 35.5 Å². The van der Waals surface area contributed by atoms with Crippen LogP contribution < -0.4 is 0 Å². The zero-order valence-corrected chi connectivity index (χ0v) is 15.5. The van der Waals surface area contributed by atoms with Crippen molar-refractivity contribution in [1.82, 2.24) is 0 Å².